The van der Waals surface area contributed by atoms with E-state index in [0.29, 0.717) is 16.9 Å². The van der Waals surface area contributed by atoms with Crippen molar-refractivity contribution in [2.75, 3.05) is 14.2 Å². The molecule has 2 aromatic rings. The molecule has 1 atom stereocenters. The van der Waals surface area contributed by atoms with E-state index in [1.807, 2.05) is 0 Å². The fourth-order valence-corrected chi connectivity index (χ4v) is 3.43. The van der Waals surface area contributed by atoms with Crippen molar-refractivity contribution in [1.82, 2.24) is 4.72 Å². The molecule has 150 valence electrons. The summed E-state index contributed by atoms with van der Waals surface area (Å²) >= 11 is 0. The first-order valence-corrected chi connectivity index (χ1v) is 9.75. The van der Waals surface area contributed by atoms with E-state index in [1.54, 1.807) is 24.3 Å². The summed E-state index contributed by atoms with van der Waals surface area (Å²) in [5.74, 6) is -0.677. The Morgan fingerprint density at radius 3 is 2.14 bits per heavy atom. The number of hydrogen-bond donors (Lipinski definition) is 1. The van der Waals surface area contributed by atoms with Crippen LogP contribution in [0.2, 0.25) is 0 Å². The van der Waals surface area contributed by atoms with E-state index in [9.17, 15) is 18.0 Å². The average molecular weight is 407 g/mol. The molecule has 0 aliphatic heterocycles. The van der Waals surface area contributed by atoms with Gasteiger partial charge in [0.25, 0.3) is 0 Å². The number of rotatable bonds is 8. The highest BCUT2D eigenvalue weighted by Gasteiger charge is 2.23. The number of carbonyl (C=O) groups is 2. The maximum Gasteiger partial charge on any atom is 0.337 e. The van der Waals surface area contributed by atoms with Crippen molar-refractivity contribution in [3.05, 3.63) is 59.7 Å². The van der Waals surface area contributed by atoms with Crippen LogP contribution in [0, 0.1) is 0 Å². The van der Waals surface area contributed by atoms with E-state index in [-0.39, 0.29) is 11.5 Å². The van der Waals surface area contributed by atoms with Crippen LogP contribution in [-0.2, 0) is 30.9 Å². The standard InChI is InChI=1S/C19H21NO7S/c1-13(20-28(23,24)17-10-8-16(25-2)9-11-17)18(21)27-12-14-4-6-15(7-5-14)19(22)26-3/h4-11,13,20H,12H2,1-3H3/t13-/m0/s1. The molecule has 2 aromatic carbocycles. The van der Waals surface area contributed by atoms with Crippen LogP contribution >= 0.6 is 0 Å². The van der Waals surface area contributed by atoms with Gasteiger partial charge in [0.2, 0.25) is 10.0 Å². The molecule has 0 aliphatic carbocycles. The van der Waals surface area contributed by atoms with Crippen molar-refractivity contribution >= 4 is 22.0 Å². The molecule has 8 nitrogen and oxygen atoms in total. The van der Waals surface area contributed by atoms with Gasteiger partial charge in [0.05, 0.1) is 24.7 Å². The van der Waals surface area contributed by atoms with Crippen LogP contribution in [0.4, 0.5) is 0 Å². The highest BCUT2D eigenvalue weighted by atomic mass is 32.2. The Morgan fingerprint density at radius 1 is 1.00 bits per heavy atom. The van der Waals surface area contributed by atoms with Gasteiger partial charge in [0.1, 0.15) is 18.4 Å². The zero-order valence-corrected chi connectivity index (χ0v) is 16.5. The van der Waals surface area contributed by atoms with Crippen molar-refractivity contribution in [1.29, 1.82) is 0 Å². The van der Waals surface area contributed by atoms with Gasteiger partial charge in [-0.25, -0.2) is 13.2 Å². The van der Waals surface area contributed by atoms with Gasteiger partial charge in [-0.15, -0.1) is 0 Å². The molecule has 0 aromatic heterocycles. The zero-order valence-electron chi connectivity index (χ0n) is 15.7. The Labute approximate surface area is 163 Å². The van der Waals surface area contributed by atoms with Crippen LogP contribution in [0.1, 0.15) is 22.8 Å². The number of methoxy groups -OCH3 is 2. The topological polar surface area (TPSA) is 108 Å². The Kier molecular flexibility index (Phi) is 7.13. The molecule has 0 fully saturated rings. The summed E-state index contributed by atoms with van der Waals surface area (Å²) in [6, 6.07) is 11.0. The third-order valence-corrected chi connectivity index (χ3v) is 5.37. The third kappa shape index (κ3) is 5.54. The van der Waals surface area contributed by atoms with E-state index >= 15 is 0 Å². The second-order valence-electron chi connectivity index (χ2n) is 5.81. The van der Waals surface area contributed by atoms with Crippen LogP contribution in [0.25, 0.3) is 0 Å². The minimum absolute atomic E-state index is 0.00588. The maximum absolute atomic E-state index is 12.3. The summed E-state index contributed by atoms with van der Waals surface area (Å²) in [5.41, 5.74) is 1.02. The summed E-state index contributed by atoms with van der Waals surface area (Å²) in [6.45, 7) is 1.33. The Balaban J connectivity index is 1.93. The Bertz CT molecular complexity index is 922. The highest BCUT2D eigenvalue weighted by Crippen LogP contribution is 2.16. The first-order valence-electron chi connectivity index (χ1n) is 8.27. The van der Waals surface area contributed by atoms with E-state index in [1.165, 1.54) is 45.4 Å². The van der Waals surface area contributed by atoms with Gasteiger partial charge in [-0.1, -0.05) is 12.1 Å². The van der Waals surface area contributed by atoms with Gasteiger partial charge in [-0.3, -0.25) is 4.79 Å². The summed E-state index contributed by atoms with van der Waals surface area (Å²) in [7, 11) is -1.13. The fraction of sp³-hybridized carbons (Fsp3) is 0.263. The van der Waals surface area contributed by atoms with Crippen molar-refractivity contribution in [3.63, 3.8) is 0 Å². The number of hydrogen-bond acceptors (Lipinski definition) is 7. The molecule has 0 aliphatic rings. The third-order valence-electron chi connectivity index (χ3n) is 3.81. The lowest BCUT2D eigenvalue weighted by atomic mass is 10.1. The second-order valence-corrected chi connectivity index (χ2v) is 7.53. The van der Waals surface area contributed by atoms with Crippen LogP contribution in [-0.4, -0.2) is 40.6 Å². The number of esters is 2. The molecule has 0 heterocycles. The number of sulfonamides is 1. The van der Waals surface area contributed by atoms with Gasteiger partial charge in [-0.05, 0) is 48.9 Å². The summed E-state index contributed by atoms with van der Waals surface area (Å²) in [6.07, 6.45) is 0. The molecular formula is C19H21NO7S. The Morgan fingerprint density at radius 2 is 1.61 bits per heavy atom. The second kappa shape index (κ2) is 9.34. The van der Waals surface area contributed by atoms with Crippen molar-refractivity contribution in [3.8, 4) is 5.75 Å². The minimum Gasteiger partial charge on any atom is -0.497 e. The van der Waals surface area contributed by atoms with Crippen LogP contribution in [0.5, 0.6) is 5.75 Å². The molecule has 1 N–H and O–H groups in total. The molecule has 0 bridgehead atoms. The summed E-state index contributed by atoms with van der Waals surface area (Å²) in [4.78, 5) is 23.5. The van der Waals surface area contributed by atoms with Crippen molar-refractivity contribution < 1.29 is 32.2 Å². The largest absolute Gasteiger partial charge is 0.497 e. The van der Waals surface area contributed by atoms with E-state index in [0.717, 1.165) is 0 Å². The van der Waals surface area contributed by atoms with E-state index in [2.05, 4.69) is 9.46 Å². The molecule has 0 saturated carbocycles. The molecular weight excluding hydrogens is 386 g/mol. The molecule has 2 rings (SSSR count). The lowest BCUT2D eigenvalue weighted by molar-refractivity contribution is -0.146. The van der Waals surface area contributed by atoms with Gasteiger partial charge >= 0.3 is 11.9 Å². The monoisotopic (exact) mass is 407 g/mol. The first-order chi connectivity index (χ1) is 13.3. The predicted molar refractivity (Wildman–Crippen MR) is 100 cm³/mol. The zero-order chi connectivity index (χ0) is 20.7. The number of nitrogens with one attached hydrogen (secondary N) is 1. The lowest BCUT2D eigenvalue weighted by Crippen LogP contribution is -2.39. The van der Waals surface area contributed by atoms with E-state index < -0.39 is 28.0 Å². The summed E-state index contributed by atoms with van der Waals surface area (Å²) < 4.78 is 41.7. The molecule has 28 heavy (non-hydrogen) atoms. The predicted octanol–water partition coefficient (Wildman–Crippen LogP) is 1.89. The van der Waals surface area contributed by atoms with E-state index in [4.69, 9.17) is 9.47 Å². The minimum atomic E-state index is -3.89. The number of benzene rings is 2. The van der Waals surface area contributed by atoms with Gasteiger partial charge in [-0.2, -0.15) is 4.72 Å². The Hall–Kier alpha value is -2.91. The normalized spacial score (nSPS) is 12.1. The lowest BCUT2D eigenvalue weighted by Gasteiger charge is -2.14. The fourth-order valence-electron chi connectivity index (χ4n) is 2.24. The van der Waals surface area contributed by atoms with Crippen LogP contribution in [0.15, 0.2) is 53.4 Å². The van der Waals surface area contributed by atoms with Gasteiger partial charge in [0.15, 0.2) is 0 Å². The highest BCUT2D eigenvalue weighted by molar-refractivity contribution is 7.89. The summed E-state index contributed by atoms with van der Waals surface area (Å²) in [5, 5.41) is 0. The SMILES string of the molecule is COC(=O)c1ccc(COC(=O)[C@H](C)NS(=O)(=O)c2ccc(OC)cc2)cc1. The molecule has 0 saturated heterocycles. The van der Waals surface area contributed by atoms with Gasteiger partial charge < -0.3 is 14.2 Å². The maximum atomic E-state index is 12.3. The van der Waals surface area contributed by atoms with Crippen LogP contribution < -0.4 is 9.46 Å². The smallest absolute Gasteiger partial charge is 0.337 e. The van der Waals surface area contributed by atoms with Crippen molar-refractivity contribution in [2.45, 2.75) is 24.5 Å². The number of carbonyl (C=O) groups excluding carboxylic acids is 2. The molecule has 0 unspecified atom stereocenters. The van der Waals surface area contributed by atoms with Crippen LogP contribution in [0.3, 0.4) is 0 Å². The number of ether oxygens (including phenoxy) is 3. The molecule has 0 spiro atoms. The molecule has 0 amide bonds. The molecule has 0 radical (unpaired) electrons. The quantitative estimate of drug-likeness (QED) is 0.666. The first kappa shape index (κ1) is 21.4. The van der Waals surface area contributed by atoms with Gasteiger partial charge in [0, 0.05) is 0 Å². The van der Waals surface area contributed by atoms with Crippen molar-refractivity contribution in [2.24, 2.45) is 0 Å². The molecule has 9 heteroatoms. The average Bonchev–Trinajstić information content (AvgIpc) is 2.71.